The molecule has 21 heavy (non-hydrogen) atoms. The average Bonchev–Trinajstić information content (AvgIpc) is 2.43. The molecular weight excluding hydrogens is 323 g/mol. The highest BCUT2D eigenvalue weighted by molar-refractivity contribution is 8.17. The summed E-state index contributed by atoms with van der Waals surface area (Å²) in [6.07, 6.45) is 2.24. The van der Waals surface area contributed by atoms with Gasteiger partial charge in [0.05, 0.1) is 0 Å². The fourth-order valence-electron chi connectivity index (χ4n) is 2.03. The van der Waals surface area contributed by atoms with Gasteiger partial charge in [-0.3, -0.25) is 0 Å². The molecular formula is C13H12BF4OS2-. The molecule has 114 valence electrons. The van der Waals surface area contributed by atoms with Crippen LogP contribution in [0.4, 0.5) is 17.3 Å². The van der Waals surface area contributed by atoms with Gasteiger partial charge < -0.3 is 21.8 Å². The highest BCUT2D eigenvalue weighted by Gasteiger charge is 2.30. The maximum Gasteiger partial charge on any atom is 0.673 e. The van der Waals surface area contributed by atoms with Crippen LogP contribution in [0.1, 0.15) is 0 Å². The molecule has 0 N–H and O–H groups in total. The van der Waals surface area contributed by atoms with Gasteiger partial charge in [0.2, 0.25) is 0 Å². The lowest BCUT2D eigenvalue weighted by atomic mass is 10.3. The summed E-state index contributed by atoms with van der Waals surface area (Å²) in [5.41, 5.74) is 0. The van der Waals surface area contributed by atoms with E-state index in [-0.39, 0.29) is 10.9 Å². The Kier molecular flexibility index (Phi) is 4.90. The van der Waals surface area contributed by atoms with Gasteiger partial charge in [0.25, 0.3) is 0 Å². The highest BCUT2D eigenvalue weighted by Crippen LogP contribution is 2.52. The molecule has 1 heterocycles. The first-order valence-corrected chi connectivity index (χ1v) is 8.94. The summed E-state index contributed by atoms with van der Waals surface area (Å²) in [4.78, 5) is 4.51. The van der Waals surface area contributed by atoms with Crippen molar-refractivity contribution in [1.82, 2.24) is 0 Å². The third-order valence-corrected chi connectivity index (χ3v) is 6.89. The number of rotatable bonds is 0. The second kappa shape index (κ2) is 6.33. The normalized spacial score (nSPS) is 21.6. The Morgan fingerprint density at radius 1 is 0.857 bits per heavy atom. The van der Waals surface area contributed by atoms with Gasteiger partial charge in [-0.25, -0.2) is 0 Å². The van der Waals surface area contributed by atoms with Crippen molar-refractivity contribution >= 4 is 29.3 Å². The van der Waals surface area contributed by atoms with E-state index in [9.17, 15) is 21.8 Å². The minimum atomic E-state index is -6.00. The number of fused-ring (bicyclic) bond motifs is 2. The van der Waals surface area contributed by atoms with Crippen LogP contribution in [-0.4, -0.2) is 18.1 Å². The number of thiol groups is 1. The monoisotopic (exact) mass is 335 g/mol. The topological polar surface area (TPSA) is 23.1 Å². The van der Waals surface area contributed by atoms with Crippen molar-refractivity contribution in [2.75, 3.05) is 6.26 Å². The van der Waals surface area contributed by atoms with Gasteiger partial charge in [0, 0.05) is 21.0 Å². The Hall–Kier alpha value is -1.12. The van der Waals surface area contributed by atoms with E-state index in [0.717, 1.165) is 9.79 Å². The van der Waals surface area contributed by atoms with Crippen molar-refractivity contribution in [1.29, 1.82) is 0 Å². The third-order valence-electron chi connectivity index (χ3n) is 2.85. The van der Waals surface area contributed by atoms with Crippen LogP contribution in [0.3, 0.4) is 0 Å². The first-order chi connectivity index (χ1) is 9.79. The Morgan fingerprint density at radius 2 is 1.19 bits per heavy atom. The molecule has 0 atom stereocenters. The van der Waals surface area contributed by atoms with Crippen molar-refractivity contribution in [3.05, 3.63) is 48.5 Å². The lowest BCUT2D eigenvalue weighted by molar-refractivity contribution is 0.368. The molecule has 2 aromatic carbocycles. The molecule has 3 rings (SSSR count). The molecule has 0 unspecified atom stereocenters. The van der Waals surface area contributed by atoms with Crippen molar-refractivity contribution < 1.29 is 21.8 Å². The molecule has 1 nitrogen and oxygen atoms in total. The first-order valence-electron chi connectivity index (χ1n) is 6.00. The van der Waals surface area contributed by atoms with Crippen molar-refractivity contribution in [3.63, 3.8) is 0 Å². The lowest BCUT2D eigenvalue weighted by Crippen LogP contribution is -2.11. The predicted molar refractivity (Wildman–Crippen MR) is 79.2 cm³/mol. The Balaban J connectivity index is 0.000000282. The summed E-state index contributed by atoms with van der Waals surface area (Å²) < 4.78 is 51.4. The summed E-state index contributed by atoms with van der Waals surface area (Å²) in [6, 6.07) is 16.2. The molecule has 0 bridgehead atoms. The standard InChI is InChI=1S/C13H12OS2.BF4/c1-15-10-6-2-4-8-12(10)16(14)13-9-5-3-7-11(13)15;2-1(3,4)5/h2-9,15H,1H3;/q;-1. The molecule has 0 aromatic heterocycles. The van der Waals surface area contributed by atoms with E-state index in [4.69, 9.17) is 0 Å². The highest BCUT2D eigenvalue weighted by atomic mass is 32.2. The van der Waals surface area contributed by atoms with Gasteiger partial charge in [0.15, 0.2) is 9.79 Å². The zero-order valence-electron chi connectivity index (χ0n) is 11.0. The Labute approximate surface area is 126 Å². The largest absolute Gasteiger partial charge is 0.673 e. The summed E-state index contributed by atoms with van der Waals surface area (Å²) >= 11 is -0.995. The van der Waals surface area contributed by atoms with Gasteiger partial charge >= 0.3 is 7.25 Å². The van der Waals surface area contributed by atoms with Gasteiger partial charge in [-0.1, -0.05) is 24.3 Å². The predicted octanol–water partition coefficient (Wildman–Crippen LogP) is 4.52. The number of benzene rings is 2. The van der Waals surface area contributed by atoms with Crippen molar-refractivity contribution in [2.24, 2.45) is 0 Å². The molecule has 2 aromatic rings. The molecule has 8 heteroatoms. The van der Waals surface area contributed by atoms with Crippen LogP contribution in [0, 0.1) is 0 Å². The second-order valence-corrected chi connectivity index (χ2v) is 7.76. The molecule has 0 aliphatic carbocycles. The first kappa shape index (κ1) is 16.3. The van der Waals surface area contributed by atoms with E-state index in [0.29, 0.717) is 0 Å². The molecule has 1 aliphatic rings. The van der Waals surface area contributed by atoms with E-state index < -0.39 is 18.4 Å². The maximum atomic E-state index is 12.4. The molecule has 0 radical (unpaired) electrons. The van der Waals surface area contributed by atoms with Crippen LogP contribution in [0.5, 0.6) is 0 Å². The van der Waals surface area contributed by atoms with Crippen LogP contribution < -0.4 is 0 Å². The van der Waals surface area contributed by atoms with Gasteiger partial charge in [0.1, 0.15) is 0 Å². The average molecular weight is 335 g/mol. The maximum absolute atomic E-state index is 12.4. The zero-order valence-corrected chi connectivity index (χ0v) is 12.7. The number of hydrogen-bond acceptors (Lipinski definition) is 1. The molecule has 0 amide bonds. The minimum absolute atomic E-state index is 0.343. The minimum Gasteiger partial charge on any atom is -0.606 e. The Morgan fingerprint density at radius 3 is 1.57 bits per heavy atom. The quantitative estimate of drug-likeness (QED) is 0.325. The van der Waals surface area contributed by atoms with E-state index in [1.807, 2.05) is 36.4 Å². The number of hydrogen-bond donors (Lipinski definition) is 1. The smallest absolute Gasteiger partial charge is 0.606 e. The summed E-state index contributed by atoms with van der Waals surface area (Å²) in [7, 11) is -6.34. The molecule has 0 fully saturated rings. The van der Waals surface area contributed by atoms with Gasteiger partial charge in [-0.05, 0) is 30.5 Å². The Bertz CT molecular complexity index is 534. The molecule has 0 saturated heterocycles. The SMILES string of the molecule is C[SH]1c2ccccc2[S+]([O-])c2ccccc21.F[B-](F)(F)F. The lowest BCUT2D eigenvalue weighted by Gasteiger charge is -2.28. The fourth-order valence-corrected chi connectivity index (χ4v) is 6.20. The van der Waals surface area contributed by atoms with Gasteiger partial charge in [-0.2, -0.15) is 10.9 Å². The second-order valence-electron chi connectivity index (χ2n) is 4.26. The zero-order chi connectivity index (χ0) is 15.6. The van der Waals surface area contributed by atoms with E-state index in [1.165, 1.54) is 9.79 Å². The van der Waals surface area contributed by atoms with Crippen LogP contribution in [0.15, 0.2) is 68.1 Å². The summed E-state index contributed by atoms with van der Waals surface area (Å²) in [5, 5.41) is 0. The van der Waals surface area contributed by atoms with Crippen LogP contribution in [0.2, 0.25) is 0 Å². The van der Waals surface area contributed by atoms with E-state index in [1.54, 1.807) is 0 Å². The van der Waals surface area contributed by atoms with E-state index >= 15 is 0 Å². The fraction of sp³-hybridized carbons (Fsp3) is 0.0769. The van der Waals surface area contributed by atoms with Crippen LogP contribution in [0.25, 0.3) is 0 Å². The summed E-state index contributed by atoms with van der Waals surface area (Å²) in [6.45, 7) is 0. The van der Waals surface area contributed by atoms with Crippen molar-refractivity contribution in [2.45, 2.75) is 19.6 Å². The van der Waals surface area contributed by atoms with Crippen LogP contribution >= 0.6 is 10.9 Å². The van der Waals surface area contributed by atoms with Crippen LogP contribution in [-0.2, 0) is 11.2 Å². The summed E-state index contributed by atoms with van der Waals surface area (Å²) in [5.74, 6) is 0. The molecule has 0 saturated carbocycles. The van der Waals surface area contributed by atoms with Crippen molar-refractivity contribution in [3.8, 4) is 0 Å². The number of halogens is 4. The molecule has 0 spiro atoms. The molecule has 1 aliphatic heterocycles. The van der Waals surface area contributed by atoms with E-state index in [2.05, 4.69) is 18.4 Å². The van der Waals surface area contributed by atoms with Gasteiger partial charge in [-0.15, -0.1) is 0 Å². The third kappa shape index (κ3) is 3.96.